The van der Waals surface area contributed by atoms with Crippen LogP contribution in [0.3, 0.4) is 0 Å². The van der Waals surface area contributed by atoms with Crippen LogP contribution in [0, 0.1) is 11.8 Å². The Bertz CT molecular complexity index is 842. The summed E-state index contributed by atoms with van der Waals surface area (Å²) in [5, 5.41) is 1.94. The molecule has 0 bridgehead atoms. The number of carbonyl (C=O) groups excluding carboxylic acids is 2. The fraction of sp³-hybridized carbons (Fsp3) is 0.500. The molecule has 0 spiro atoms. The van der Waals surface area contributed by atoms with Crippen LogP contribution in [-0.4, -0.2) is 54.4 Å². The Hall–Kier alpha value is -2.34. The zero-order valence-electron chi connectivity index (χ0n) is 17.6. The number of ether oxygens (including phenoxy) is 1. The van der Waals surface area contributed by atoms with Crippen LogP contribution < -0.4 is 4.74 Å². The molecule has 1 aromatic carbocycles. The van der Waals surface area contributed by atoms with E-state index in [1.54, 1.807) is 0 Å². The quantitative estimate of drug-likeness (QED) is 0.705. The lowest BCUT2D eigenvalue weighted by atomic mass is 9.98. The zero-order chi connectivity index (χ0) is 20.9. The average Bonchev–Trinajstić information content (AvgIpc) is 3.33. The minimum absolute atomic E-state index is 0.114. The number of carbonyl (C=O) groups is 2. The van der Waals surface area contributed by atoms with E-state index in [1.165, 1.54) is 11.3 Å². The van der Waals surface area contributed by atoms with Crippen LogP contribution in [0.15, 0.2) is 41.8 Å². The van der Waals surface area contributed by atoms with Crippen LogP contribution in [0.5, 0.6) is 5.75 Å². The molecular weight excluding hydrogens is 396 g/mol. The molecule has 2 fully saturated rings. The van der Waals surface area contributed by atoms with Crippen molar-refractivity contribution in [2.24, 2.45) is 11.8 Å². The van der Waals surface area contributed by atoms with Gasteiger partial charge >= 0.3 is 0 Å². The molecule has 0 N–H and O–H groups in total. The van der Waals surface area contributed by atoms with Crippen LogP contribution in [-0.2, 0) is 0 Å². The molecular formula is C24H30N2O3S. The predicted molar refractivity (Wildman–Crippen MR) is 119 cm³/mol. The first-order valence-corrected chi connectivity index (χ1v) is 11.8. The first-order chi connectivity index (χ1) is 14.6. The summed E-state index contributed by atoms with van der Waals surface area (Å²) in [6.07, 6.45) is 4.24. The normalized spacial score (nSPS) is 20.2. The van der Waals surface area contributed by atoms with Gasteiger partial charge in [0.15, 0.2) is 0 Å². The summed E-state index contributed by atoms with van der Waals surface area (Å²) in [6.45, 7) is 6.09. The summed E-state index contributed by atoms with van der Waals surface area (Å²) in [6, 6.07) is 11.3. The molecule has 5 nitrogen and oxygen atoms in total. The minimum atomic E-state index is 0.114. The second-order valence-corrected chi connectivity index (χ2v) is 9.49. The summed E-state index contributed by atoms with van der Waals surface area (Å²) in [7, 11) is 0. The molecule has 0 radical (unpaired) electrons. The highest BCUT2D eigenvalue weighted by molar-refractivity contribution is 7.12. The molecule has 2 aromatic rings. The van der Waals surface area contributed by atoms with E-state index in [-0.39, 0.29) is 11.8 Å². The van der Waals surface area contributed by atoms with Crippen LogP contribution in [0.1, 0.15) is 52.6 Å². The summed E-state index contributed by atoms with van der Waals surface area (Å²) >= 11 is 1.50. The van der Waals surface area contributed by atoms with Gasteiger partial charge in [0.05, 0.1) is 11.5 Å². The SMILES string of the molecule is CC1CCN(C(=O)c2ccc(OC[C@H]3CCCN(C(=O)c4cccs4)C3)cc2)CC1. The Morgan fingerprint density at radius 2 is 1.77 bits per heavy atom. The average molecular weight is 427 g/mol. The van der Waals surface area contributed by atoms with Gasteiger partial charge < -0.3 is 14.5 Å². The molecule has 0 saturated carbocycles. The molecule has 0 aliphatic carbocycles. The Morgan fingerprint density at radius 3 is 2.47 bits per heavy atom. The van der Waals surface area contributed by atoms with E-state index in [1.807, 2.05) is 51.6 Å². The number of likely N-dealkylation sites (tertiary alicyclic amines) is 2. The molecule has 0 unspecified atom stereocenters. The standard InChI is InChI=1S/C24H30N2O3S/c1-18-10-13-25(14-11-18)23(27)20-6-8-21(9-7-20)29-17-19-4-2-12-26(16-19)24(28)22-5-3-15-30-22/h3,5-9,15,18-19H,2,4,10-14,16-17H2,1H3/t19-/m0/s1. The number of rotatable bonds is 5. The van der Waals surface area contributed by atoms with Crippen molar-refractivity contribution in [1.29, 1.82) is 0 Å². The van der Waals surface area contributed by atoms with Crippen molar-refractivity contribution in [3.05, 3.63) is 52.2 Å². The van der Waals surface area contributed by atoms with Crippen molar-refractivity contribution in [2.45, 2.75) is 32.6 Å². The highest BCUT2D eigenvalue weighted by Crippen LogP contribution is 2.23. The Labute approximate surface area is 182 Å². The molecule has 2 aliphatic rings. The lowest BCUT2D eigenvalue weighted by molar-refractivity contribution is 0.0638. The lowest BCUT2D eigenvalue weighted by Crippen LogP contribution is -2.41. The number of hydrogen-bond donors (Lipinski definition) is 0. The van der Waals surface area contributed by atoms with Gasteiger partial charge in [-0.15, -0.1) is 11.3 Å². The summed E-state index contributed by atoms with van der Waals surface area (Å²) in [5.41, 5.74) is 0.724. The van der Waals surface area contributed by atoms with E-state index < -0.39 is 0 Å². The maximum atomic E-state index is 12.7. The third-order valence-corrected chi connectivity index (χ3v) is 7.05. The molecule has 1 atom stereocenters. The van der Waals surface area contributed by atoms with Crippen LogP contribution >= 0.6 is 11.3 Å². The van der Waals surface area contributed by atoms with Gasteiger partial charge in [-0.05, 0) is 67.3 Å². The number of benzene rings is 1. The largest absolute Gasteiger partial charge is 0.493 e. The fourth-order valence-corrected chi connectivity index (χ4v) is 4.93. The van der Waals surface area contributed by atoms with E-state index in [0.717, 1.165) is 68.1 Å². The molecule has 2 saturated heterocycles. The second kappa shape index (κ2) is 9.65. The van der Waals surface area contributed by atoms with Crippen molar-refractivity contribution in [3.8, 4) is 5.75 Å². The Kier molecular flexibility index (Phi) is 6.72. The van der Waals surface area contributed by atoms with Crippen molar-refractivity contribution in [3.63, 3.8) is 0 Å². The van der Waals surface area contributed by atoms with Gasteiger partial charge in [-0.25, -0.2) is 0 Å². The molecule has 6 heteroatoms. The van der Waals surface area contributed by atoms with E-state index in [0.29, 0.717) is 18.4 Å². The molecule has 4 rings (SSSR count). The number of thiophene rings is 1. The van der Waals surface area contributed by atoms with Crippen LogP contribution in [0.4, 0.5) is 0 Å². The van der Waals surface area contributed by atoms with Crippen molar-refractivity contribution < 1.29 is 14.3 Å². The number of amides is 2. The second-order valence-electron chi connectivity index (χ2n) is 8.55. The van der Waals surface area contributed by atoms with Gasteiger partial charge in [0.1, 0.15) is 5.75 Å². The highest BCUT2D eigenvalue weighted by Gasteiger charge is 2.25. The first-order valence-electron chi connectivity index (χ1n) is 10.9. The van der Waals surface area contributed by atoms with Crippen molar-refractivity contribution in [2.75, 3.05) is 32.8 Å². The summed E-state index contributed by atoms with van der Waals surface area (Å²) < 4.78 is 6.00. The maximum absolute atomic E-state index is 12.7. The third kappa shape index (κ3) is 5.04. The van der Waals surface area contributed by atoms with Gasteiger partial charge in [-0.2, -0.15) is 0 Å². The topological polar surface area (TPSA) is 49.9 Å². The highest BCUT2D eigenvalue weighted by atomic mass is 32.1. The van der Waals surface area contributed by atoms with E-state index >= 15 is 0 Å². The molecule has 30 heavy (non-hydrogen) atoms. The van der Waals surface area contributed by atoms with Crippen molar-refractivity contribution in [1.82, 2.24) is 9.80 Å². The number of nitrogens with zero attached hydrogens (tertiary/aromatic N) is 2. The maximum Gasteiger partial charge on any atom is 0.263 e. The Morgan fingerprint density at radius 1 is 1.00 bits per heavy atom. The Balaban J connectivity index is 1.27. The van der Waals surface area contributed by atoms with Gasteiger partial charge in [-0.3, -0.25) is 9.59 Å². The summed E-state index contributed by atoms with van der Waals surface area (Å²) in [4.78, 5) is 30.0. The molecule has 2 amide bonds. The predicted octanol–water partition coefficient (Wildman–Crippen LogP) is 4.55. The lowest BCUT2D eigenvalue weighted by Gasteiger charge is -2.32. The number of piperidine rings is 2. The summed E-state index contributed by atoms with van der Waals surface area (Å²) in [5.74, 6) is 2.06. The monoisotopic (exact) mass is 426 g/mol. The molecule has 2 aliphatic heterocycles. The molecule has 3 heterocycles. The van der Waals surface area contributed by atoms with E-state index in [9.17, 15) is 9.59 Å². The third-order valence-electron chi connectivity index (χ3n) is 6.20. The molecule has 160 valence electrons. The zero-order valence-corrected chi connectivity index (χ0v) is 18.4. The molecule has 1 aromatic heterocycles. The van der Waals surface area contributed by atoms with Gasteiger partial charge in [0.2, 0.25) is 0 Å². The minimum Gasteiger partial charge on any atom is -0.493 e. The van der Waals surface area contributed by atoms with Crippen LogP contribution in [0.25, 0.3) is 0 Å². The number of hydrogen-bond acceptors (Lipinski definition) is 4. The van der Waals surface area contributed by atoms with Gasteiger partial charge in [0.25, 0.3) is 11.8 Å². The van der Waals surface area contributed by atoms with Crippen LogP contribution in [0.2, 0.25) is 0 Å². The fourth-order valence-electron chi connectivity index (χ4n) is 4.24. The van der Waals surface area contributed by atoms with E-state index in [4.69, 9.17) is 4.74 Å². The van der Waals surface area contributed by atoms with Crippen molar-refractivity contribution >= 4 is 23.2 Å². The smallest absolute Gasteiger partial charge is 0.263 e. The van der Waals surface area contributed by atoms with Gasteiger partial charge in [-0.1, -0.05) is 13.0 Å². The van der Waals surface area contributed by atoms with Gasteiger partial charge in [0, 0.05) is 37.7 Å². The first kappa shape index (κ1) is 20.9. The van der Waals surface area contributed by atoms with E-state index in [2.05, 4.69) is 6.92 Å².